The smallest absolute Gasteiger partial charge is 0.119 e. The summed E-state index contributed by atoms with van der Waals surface area (Å²) in [5.41, 5.74) is 0.621. The minimum Gasteiger partial charge on any atom is -0.489 e. The van der Waals surface area contributed by atoms with Crippen molar-refractivity contribution in [3.8, 4) is 17.9 Å². The summed E-state index contributed by atoms with van der Waals surface area (Å²) in [5, 5.41) is 17.9. The van der Waals surface area contributed by atoms with Gasteiger partial charge in [0.1, 0.15) is 11.9 Å². The third-order valence-corrected chi connectivity index (χ3v) is 3.49. The molecular formula is C15H16N2O. The summed E-state index contributed by atoms with van der Waals surface area (Å²) in [4.78, 5) is 0. The van der Waals surface area contributed by atoms with Crippen molar-refractivity contribution in [2.45, 2.75) is 32.3 Å². The maximum atomic E-state index is 9.13. The molecule has 0 spiro atoms. The van der Waals surface area contributed by atoms with Gasteiger partial charge in [0.05, 0.1) is 23.6 Å². The van der Waals surface area contributed by atoms with Crippen molar-refractivity contribution in [3.63, 3.8) is 0 Å². The Morgan fingerprint density at radius 2 is 1.89 bits per heavy atom. The van der Waals surface area contributed by atoms with Gasteiger partial charge in [0.2, 0.25) is 0 Å². The second kappa shape index (κ2) is 5.56. The largest absolute Gasteiger partial charge is 0.489 e. The van der Waals surface area contributed by atoms with E-state index in [2.05, 4.69) is 19.1 Å². The first kappa shape index (κ1) is 12.5. The highest BCUT2D eigenvalue weighted by Gasteiger charge is 2.30. The van der Waals surface area contributed by atoms with E-state index in [1.165, 1.54) is 0 Å². The summed E-state index contributed by atoms with van der Waals surface area (Å²) in [6.07, 6.45) is 2.93. The predicted molar refractivity (Wildman–Crippen MR) is 67.7 cm³/mol. The van der Waals surface area contributed by atoms with Crippen LogP contribution >= 0.6 is 0 Å². The van der Waals surface area contributed by atoms with Crippen LogP contribution in [0.2, 0.25) is 0 Å². The summed E-state index contributed by atoms with van der Waals surface area (Å²) in [5.74, 6) is 1.34. The van der Waals surface area contributed by atoms with E-state index in [9.17, 15) is 0 Å². The van der Waals surface area contributed by atoms with Gasteiger partial charge >= 0.3 is 0 Å². The van der Waals surface area contributed by atoms with Crippen LogP contribution in [-0.4, -0.2) is 6.10 Å². The van der Waals surface area contributed by atoms with Crippen LogP contribution in [0.5, 0.6) is 5.75 Å². The normalized spacial score (nSPS) is 26.9. The minimum absolute atomic E-state index is 0.0168. The highest BCUT2D eigenvalue weighted by molar-refractivity contribution is 5.34. The summed E-state index contributed by atoms with van der Waals surface area (Å²) in [6.45, 7) is 2.20. The quantitative estimate of drug-likeness (QED) is 0.797. The fraction of sp³-hybridized carbons (Fsp3) is 0.467. The molecule has 92 valence electrons. The second-order valence-electron chi connectivity index (χ2n) is 4.95. The summed E-state index contributed by atoms with van der Waals surface area (Å²) >= 11 is 0. The zero-order chi connectivity index (χ0) is 13.0. The zero-order valence-electron chi connectivity index (χ0n) is 10.5. The zero-order valence-corrected chi connectivity index (χ0v) is 10.5. The molecule has 0 saturated heterocycles. The Labute approximate surface area is 108 Å². The SMILES string of the molecule is CC1CCC(C#N)C(Oc2ccc(C#N)cc2)C1. The summed E-state index contributed by atoms with van der Waals surface area (Å²) in [7, 11) is 0. The van der Waals surface area contributed by atoms with Gasteiger partial charge in [-0.15, -0.1) is 0 Å². The molecule has 0 radical (unpaired) electrons. The van der Waals surface area contributed by atoms with Crippen molar-refractivity contribution in [1.82, 2.24) is 0 Å². The standard InChI is InChI=1S/C15H16N2O/c1-11-2-5-13(10-17)15(8-11)18-14-6-3-12(9-16)4-7-14/h3-4,6-7,11,13,15H,2,5,8H2,1H3. The first-order valence-electron chi connectivity index (χ1n) is 6.29. The number of hydrogen-bond donors (Lipinski definition) is 0. The molecule has 1 aromatic carbocycles. The lowest BCUT2D eigenvalue weighted by Crippen LogP contribution is -2.32. The highest BCUT2D eigenvalue weighted by atomic mass is 16.5. The number of nitriles is 2. The molecule has 1 aromatic rings. The van der Waals surface area contributed by atoms with Crippen LogP contribution in [0.15, 0.2) is 24.3 Å². The van der Waals surface area contributed by atoms with Crippen molar-refractivity contribution in [2.75, 3.05) is 0 Å². The number of ether oxygens (including phenoxy) is 1. The number of hydrogen-bond acceptors (Lipinski definition) is 3. The van der Waals surface area contributed by atoms with Crippen LogP contribution in [0, 0.1) is 34.5 Å². The van der Waals surface area contributed by atoms with Gasteiger partial charge in [-0.2, -0.15) is 10.5 Å². The highest BCUT2D eigenvalue weighted by Crippen LogP contribution is 2.31. The molecule has 1 saturated carbocycles. The third kappa shape index (κ3) is 2.81. The van der Waals surface area contributed by atoms with Crippen LogP contribution in [0.4, 0.5) is 0 Å². The van der Waals surface area contributed by atoms with Crippen molar-refractivity contribution in [1.29, 1.82) is 10.5 Å². The van der Waals surface area contributed by atoms with E-state index in [0.717, 1.165) is 25.0 Å². The molecule has 0 aromatic heterocycles. The predicted octanol–water partition coefficient (Wildman–Crippen LogP) is 3.27. The summed E-state index contributed by atoms with van der Waals surface area (Å²) in [6, 6.07) is 11.5. The lowest BCUT2D eigenvalue weighted by Gasteiger charge is -2.31. The van der Waals surface area contributed by atoms with Crippen molar-refractivity contribution in [3.05, 3.63) is 29.8 Å². The molecule has 0 amide bonds. The van der Waals surface area contributed by atoms with Gasteiger partial charge in [0.15, 0.2) is 0 Å². The maximum Gasteiger partial charge on any atom is 0.119 e. The lowest BCUT2D eigenvalue weighted by atomic mass is 9.81. The molecule has 3 heteroatoms. The first-order chi connectivity index (χ1) is 8.72. The van der Waals surface area contributed by atoms with Gasteiger partial charge in [0.25, 0.3) is 0 Å². The van der Waals surface area contributed by atoms with Crippen LogP contribution in [-0.2, 0) is 0 Å². The van der Waals surface area contributed by atoms with E-state index in [1.54, 1.807) is 24.3 Å². The molecule has 1 fully saturated rings. The van der Waals surface area contributed by atoms with Crippen molar-refractivity contribution in [2.24, 2.45) is 11.8 Å². The molecule has 3 atom stereocenters. The van der Waals surface area contributed by atoms with Gasteiger partial charge < -0.3 is 4.74 Å². The molecule has 0 N–H and O–H groups in total. The lowest BCUT2D eigenvalue weighted by molar-refractivity contribution is 0.0956. The molecule has 1 aliphatic carbocycles. The maximum absolute atomic E-state index is 9.13. The second-order valence-corrected chi connectivity index (χ2v) is 4.95. The van der Waals surface area contributed by atoms with Gasteiger partial charge in [-0.25, -0.2) is 0 Å². The Morgan fingerprint density at radius 3 is 2.50 bits per heavy atom. The average Bonchev–Trinajstić information content (AvgIpc) is 2.40. The Kier molecular flexibility index (Phi) is 3.85. The molecule has 3 unspecified atom stereocenters. The van der Waals surface area contributed by atoms with Crippen LogP contribution in [0.25, 0.3) is 0 Å². The minimum atomic E-state index is -0.0216. The van der Waals surface area contributed by atoms with E-state index < -0.39 is 0 Å². The van der Waals surface area contributed by atoms with Crippen molar-refractivity contribution < 1.29 is 4.74 Å². The molecular weight excluding hydrogens is 224 g/mol. The van der Waals surface area contributed by atoms with E-state index in [0.29, 0.717) is 11.5 Å². The molecule has 2 rings (SSSR count). The average molecular weight is 240 g/mol. The topological polar surface area (TPSA) is 56.8 Å². The molecule has 0 heterocycles. The number of benzene rings is 1. The Morgan fingerprint density at radius 1 is 1.17 bits per heavy atom. The fourth-order valence-electron chi connectivity index (χ4n) is 2.39. The summed E-state index contributed by atoms with van der Waals surface area (Å²) < 4.78 is 5.90. The number of rotatable bonds is 2. The van der Waals surface area contributed by atoms with E-state index in [4.69, 9.17) is 15.3 Å². The van der Waals surface area contributed by atoms with Gasteiger partial charge in [-0.1, -0.05) is 6.92 Å². The molecule has 0 bridgehead atoms. The van der Waals surface area contributed by atoms with E-state index in [-0.39, 0.29) is 12.0 Å². The van der Waals surface area contributed by atoms with E-state index in [1.807, 2.05) is 0 Å². The van der Waals surface area contributed by atoms with E-state index >= 15 is 0 Å². The van der Waals surface area contributed by atoms with Gasteiger partial charge in [0, 0.05) is 0 Å². The van der Waals surface area contributed by atoms with Crippen LogP contribution in [0.1, 0.15) is 31.7 Å². The van der Waals surface area contributed by atoms with Gasteiger partial charge in [-0.3, -0.25) is 0 Å². The Hall–Kier alpha value is -2.00. The molecule has 1 aliphatic rings. The van der Waals surface area contributed by atoms with Gasteiger partial charge in [-0.05, 0) is 49.4 Å². The Bertz CT molecular complexity index is 481. The van der Waals surface area contributed by atoms with Crippen LogP contribution in [0.3, 0.4) is 0 Å². The Balaban J connectivity index is 2.06. The van der Waals surface area contributed by atoms with Crippen molar-refractivity contribution >= 4 is 0 Å². The molecule has 18 heavy (non-hydrogen) atoms. The first-order valence-corrected chi connectivity index (χ1v) is 6.29. The third-order valence-electron chi connectivity index (χ3n) is 3.49. The molecule has 3 nitrogen and oxygen atoms in total. The molecule has 0 aliphatic heterocycles. The number of nitrogens with zero attached hydrogens (tertiary/aromatic N) is 2. The monoisotopic (exact) mass is 240 g/mol. The van der Waals surface area contributed by atoms with Crippen LogP contribution < -0.4 is 4.74 Å². The fourth-order valence-corrected chi connectivity index (χ4v) is 2.39.